The molecule has 0 aromatic rings. The minimum atomic E-state index is -4.16. The molecule has 0 spiro atoms. The van der Waals surface area contributed by atoms with E-state index in [2.05, 4.69) is 0 Å². The summed E-state index contributed by atoms with van der Waals surface area (Å²) in [5.41, 5.74) is 0. The SMILES string of the molecule is C#CC1CC(=O)CC1C(F)(F)C(F)F. The van der Waals surface area contributed by atoms with E-state index < -0.39 is 36.4 Å². The molecule has 1 aliphatic rings. The molecule has 1 nitrogen and oxygen atoms in total. The average molecular weight is 208 g/mol. The molecule has 0 bridgehead atoms. The van der Waals surface area contributed by atoms with E-state index in [1.807, 2.05) is 5.92 Å². The van der Waals surface area contributed by atoms with E-state index >= 15 is 0 Å². The van der Waals surface area contributed by atoms with Crippen LogP contribution in [0.3, 0.4) is 0 Å². The van der Waals surface area contributed by atoms with Crippen molar-refractivity contribution in [2.75, 3.05) is 0 Å². The van der Waals surface area contributed by atoms with Crippen molar-refractivity contribution in [2.24, 2.45) is 11.8 Å². The van der Waals surface area contributed by atoms with Gasteiger partial charge in [0.1, 0.15) is 5.78 Å². The van der Waals surface area contributed by atoms with E-state index in [9.17, 15) is 22.4 Å². The molecule has 0 radical (unpaired) electrons. The van der Waals surface area contributed by atoms with E-state index in [1.165, 1.54) is 0 Å². The molecule has 2 unspecified atom stereocenters. The number of terminal acetylenes is 1. The van der Waals surface area contributed by atoms with Crippen LogP contribution < -0.4 is 0 Å². The normalized spacial score (nSPS) is 28.1. The first-order valence-electron chi connectivity index (χ1n) is 4.03. The summed E-state index contributed by atoms with van der Waals surface area (Å²) in [6.45, 7) is 0. The number of Topliss-reactive ketones (excluding diaryl/α,β-unsaturated/α-hetero) is 1. The van der Waals surface area contributed by atoms with Crippen molar-refractivity contribution in [3.8, 4) is 12.3 Å². The van der Waals surface area contributed by atoms with Crippen LogP contribution in [0.25, 0.3) is 0 Å². The van der Waals surface area contributed by atoms with Crippen LogP contribution in [0.2, 0.25) is 0 Å². The van der Waals surface area contributed by atoms with Crippen LogP contribution in [-0.4, -0.2) is 18.1 Å². The highest BCUT2D eigenvalue weighted by atomic mass is 19.3. The van der Waals surface area contributed by atoms with Crippen molar-refractivity contribution in [1.29, 1.82) is 0 Å². The molecule has 0 N–H and O–H groups in total. The zero-order valence-electron chi connectivity index (χ0n) is 7.14. The second-order valence-corrected chi connectivity index (χ2v) is 3.30. The van der Waals surface area contributed by atoms with Crippen LogP contribution in [0, 0.1) is 24.2 Å². The Morgan fingerprint density at radius 1 is 1.43 bits per heavy atom. The van der Waals surface area contributed by atoms with Crippen molar-refractivity contribution >= 4 is 5.78 Å². The number of rotatable bonds is 2. The highest BCUT2D eigenvalue weighted by Gasteiger charge is 2.54. The maximum atomic E-state index is 12.9. The van der Waals surface area contributed by atoms with Crippen LogP contribution in [0.4, 0.5) is 17.6 Å². The Morgan fingerprint density at radius 3 is 2.43 bits per heavy atom. The predicted octanol–water partition coefficient (Wildman–Crippen LogP) is 2.12. The van der Waals surface area contributed by atoms with E-state index in [4.69, 9.17) is 6.42 Å². The molecule has 5 heteroatoms. The van der Waals surface area contributed by atoms with Crippen molar-refractivity contribution in [2.45, 2.75) is 25.2 Å². The number of ketones is 1. The number of hydrogen-bond acceptors (Lipinski definition) is 1. The molecular formula is C9H8F4O. The molecule has 0 heterocycles. The summed E-state index contributed by atoms with van der Waals surface area (Å²) in [5, 5.41) is 0. The summed E-state index contributed by atoms with van der Waals surface area (Å²) in [7, 11) is 0. The fourth-order valence-corrected chi connectivity index (χ4v) is 1.60. The van der Waals surface area contributed by atoms with Gasteiger partial charge in [-0.25, -0.2) is 8.78 Å². The molecule has 0 aliphatic heterocycles. The minimum Gasteiger partial charge on any atom is -0.300 e. The van der Waals surface area contributed by atoms with Gasteiger partial charge in [0.05, 0.1) is 0 Å². The smallest absolute Gasteiger partial charge is 0.300 e. The predicted molar refractivity (Wildman–Crippen MR) is 41.0 cm³/mol. The molecule has 0 aromatic heterocycles. The molecule has 1 aliphatic carbocycles. The van der Waals surface area contributed by atoms with Gasteiger partial charge in [-0.2, -0.15) is 8.78 Å². The van der Waals surface area contributed by atoms with Gasteiger partial charge in [-0.05, 0) is 0 Å². The van der Waals surface area contributed by atoms with Gasteiger partial charge in [0.25, 0.3) is 0 Å². The Kier molecular flexibility index (Phi) is 2.84. The number of halogens is 4. The van der Waals surface area contributed by atoms with Crippen molar-refractivity contribution in [3.63, 3.8) is 0 Å². The fourth-order valence-electron chi connectivity index (χ4n) is 1.60. The van der Waals surface area contributed by atoms with Crippen molar-refractivity contribution in [1.82, 2.24) is 0 Å². The monoisotopic (exact) mass is 208 g/mol. The molecule has 78 valence electrons. The molecule has 0 saturated heterocycles. The number of hydrogen-bond donors (Lipinski definition) is 0. The molecule has 1 fully saturated rings. The summed E-state index contributed by atoms with van der Waals surface area (Å²) >= 11 is 0. The van der Waals surface area contributed by atoms with Gasteiger partial charge in [-0.1, -0.05) is 0 Å². The summed E-state index contributed by atoms with van der Waals surface area (Å²) < 4.78 is 49.7. The first-order valence-corrected chi connectivity index (χ1v) is 4.03. The highest BCUT2D eigenvalue weighted by Crippen LogP contribution is 2.43. The summed E-state index contributed by atoms with van der Waals surface area (Å²) in [4.78, 5) is 10.8. The average Bonchev–Trinajstić information content (AvgIpc) is 2.46. The molecular weight excluding hydrogens is 200 g/mol. The lowest BCUT2D eigenvalue weighted by molar-refractivity contribution is -0.169. The maximum Gasteiger partial charge on any atom is 0.311 e. The number of carbonyl (C=O) groups excluding carboxylic acids is 1. The third-order valence-electron chi connectivity index (χ3n) is 2.38. The van der Waals surface area contributed by atoms with E-state index in [1.54, 1.807) is 0 Å². The first kappa shape index (κ1) is 11.0. The summed E-state index contributed by atoms with van der Waals surface area (Å²) in [6, 6.07) is 0. The molecule has 1 saturated carbocycles. The largest absolute Gasteiger partial charge is 0.311 e. The Bertz CT molecular complexity index is 279. The van der Waals surface area contributed by atoms with E-state index in [0.29, 0.717) is 0 Å². The third-order valence-corrected chi connectivity index (χ3v) is 2.38. The van der Waals surface area contributed by atoms with Crippen LogP contribution in [0.1, 0.15) is 12.8 Å². The molecule has 0 aromatic carbocycles. The Balaban J connectivity index is 2.87. The highest BCUT2D eigenvalue weighted by molar-refractivity contribution is 5.82. The van der Waals surface area contributed by atoms with Gasteiger partial charge in [0, 0.05) is 24.7 Å². The standard InChI is InChI=1S/C9H8F4O/c1-2-5-3-6(14)4-7(5)9(12,13)8(10)11/h1,5,7-8H,3-4H2. The number of alkyl halides is 4. The molecule has 0 amide bonds. The van der Waals surface area contributed by atoms with Crippen LogP contribution in [-0.2, 0) is 4.79 Å². The zero-order valence-corrected chi connectivity index (χ0v) is 7.14. The van der Waals surface area contributed by atoms with Gasteiger partial charge in [-0.3, -0.25) is 4.79 Å². The molecule has 14 heavy (non-hydrogen) atoms. The number of carbonyl (C=O) groups is 1. The summed E-state index contributed by atoms with van der Waals surface area (Å²) in [5.74, 6) is -5.44. The lowest BCUT2D eigenvalue weighted by Gasteiger charge is -2.24. The van der Waals surface area contributed by atoms with Crippen LogP contribution in [0.15, 0.2) is 0 Å². The molecule has 2 atom stereocenters. The van der Waals surface area contributed by atoms with Gasteiger partial charge in [0.2, 0.25) is 0 Å². The van der Waals surface area contributed by atoms with Gasteiger partial charge >= 0.3 is 12.3 Å². The minimum absolute atomic E-state index is 0.219. The first-order chi connectivity index (χ1) is 6.39. The van der Waals surface area contributed by atoms with Crippen molar-refractivity contribution in [3.05, 3.63) is 0 Å². The second kappa shape index (κ2) is 3.60. The van der Waals surface area contributed by atoms with Gasteiger partial charge in [0.15, 0.2) is 0 Å². The fraction of sp³-hybridized carbons (Fsp3) is 0.667. The molecule has 1 rings (SSSR count). The van der Waals surface area contributed by atoms with Crippen LogP contribution >= 0.6 is 0 Å². The van der Waals surface area contributed by atoms with E-state index in [-0.39, 0.29) is 6.42 Å². The maximum absolute atomic E-state index is 12.9. The second-order valence-electron chi connectivity index (χ2n) is 3.30. The van der Waals surface area contributed by atoms with Crippen molar-refractivity contribution < 1.29 is 22.4 Å². The van der Waals surface area contributed by atoms with Crippen LogP contribution in [0.5, 0.6) is 0 Å². The van der Waals surface area contributed by atoms with E-state index in [0.717, 1.165) is 0 Å². The van der Waals surface area contributed by atoms with Gasteiger partial charge < -0.3 is 0 Å². The lowest BCUT2D eigenvalue weighted by Crippen LogP contribution is -2.37. The lowest BCUT2D eigenvalue weighted by atomic mass is 9.90. The topological polar surface area (TPSA) is 17.1 Å². The Morgan fingerprint density at radius 2 is 2.00 bits per heavy atom. The summed E-state index contributed by atoms with van der Waals surface area (Å²) in [6.07, 6.45) is 0.365. The quantitative estimate of drug-likeness (QED) is 0.501. The Hall–Kier alpha value is -1.05. The zero-order chi connectivity index (χ0) is 10.9. The third kappa shape index (κ3) is 1.74. The Labute approximate surface area is 78.5 Å². The van der Waals surface area contributed by atoms with Gasteiger partial charge in [-0.15, -0.1) is 12.3 Å².